The maximum atomic E-state index is 12.3. The Morgan fingerprint density at radius 3 is 2.55 bits per heavy atom. The average molecular weight is 267 g/mol. The van der Waals surface area contributed by atoms with Crippen molar-refractivity contribution in [3.8, 4) is 0 Å². The summed E-state index contributed by atoms with van der Waals surface area (Å²) in [5.41, 5.74) is 4.70. The summed E-state index contributed by atoms with van der Waals surface area (Å²) >= 11 is 0. The van der Waals surface area contributed by atoms with Crippen LogP contribution in [-0.2, 0) is 13.0 Å². The Morgan fingerprint density at radius 1 is 1.15 bits per heavy atom. The van der Waals surface area contributed by atoms with Crippen molar-refractivity contribution >= 4 is 5.78 Å². The van der Waals surface area contributed by atoms with Crippen LogP contribution in [0.5, 0.6) is 0 Å². The highest BCUT2D eigenvalue weighted by molar-refractivity contribution is 5.99. The third-order valence-corrected chi connectivity index (χ3v) is 4.18. The molecule has 0 bridgehead atoms. The van der Waals surface area contributed by atoms with E-state index in [4.69, 9.17) is 0 Å². The molecule has 0 radical (unpaired) electrons. The van der Waals surface area contributed by atoms with Gasteiger partial charge in [-0.25, -0.2) is 0 Å². The van der Waals surface area contributed by atoms with Crippen molar-refractivity contribution in [3.05, 3.63) is 58.9 Å². The highest BCUT2D eigenvalue weighted by Gasteiger charge is 2.33. The van der Waals surface area contributed by atoms with Crippen molar-refractivity contribution in [3.63, 3.8) is 0 Å². The van der Waals surface area contributed by atoms with Gasteiger partial charge in [-0.05, 0) is 30.4 Å². The summed E-state index contributed by atoms with van der Waals surface area (Å²) in [6, 6.07) is 12.5. The minimum Gasteiger partial charge on any atom is -0.344 e. The van der Waals surface area contributed by atoms with Gasteiger partial charge in [0.05, 0.1) is 0 Å². The van der Waals surface area contributed by atoms with E-state index in [1.807, 2.05) is 6.07 Å². The SMILES string of the molecule is Cc1cc2c(n1Cc1ccccc1)CC(C)(C)CC2=O. The van der Waals surface area contributed by atoms with Crippen LogP contribution in [0.25, 0.3) is 0 Å². The van der Waals surface area contributed by atoms with Crippen molar-refractivity contribution in [1.82, 2.24) is 4.57 Å². The third-order valence-electron chi connectivity index (χ3n) is 4.18. The summed E-state index contributed by atoms with van der Waals surface area (Å²) in [5.74, 6) is 0.297. The van der Waals surface area contributed by atoms with Gasteiger partial charge >= 0.3 is 0 Å². The number of carbonyl (C=O) groups is 1. The lowest BCUT2D eigenvalue weighted by atomic mass is 9.76. The number of aromatic nitrogens is 1. The molecular formula is C18H21NO. The highest BCUT2D eigenvalue weighted by Crippen LogP contribution is 2.36. The van der Waals surface area contributed by atoms with Crippen LogP contribution in [0.1, 0.15) is 47.6 Å². The fraction of sp³-hybridized carbons (Fsp3) is 0.389. The largest absolute Gasteiger partial charge is 0.344 e. The van der Waals surface area contributed by atoms with Gasteiger partial charge in [0.2, 0.25) is 0 Å². The second kappa shape index (κ2) is 4.62. The number of hydrogen-bond acceptors (Lipinski definition) is 1. The van der Waals surface area contributed by atoms with Gasteiger partial charge in [0, 0.05) is 29.9 Å². The molecule has 0 fully saturated rings. The molecule has 3 rings (SSSR count). The van der Waals surface area contributed by atoms with Crippen LogP contribution in [0, 0.1) is 12.3 Å². The highest BCUT2D eigenvalue weighted by atomic mass is 16.1. The predicted molar refractivity (Wildman–Crippen MR) is 81.1 cm³/mol. The van der Waals surface area contributed by atoms with E-state index in [-0.39, 0.29) is 5.41 Å². The molecule has 0 atom stereocenters. The zero-order valence-electron chi connectivity index (χ0n) is 12.4. The van der Waals surface area contributed by atoms with E-state index in [1.54, 1.807) is 0 Å². The maximum absolute atomic E-state index is 12.3. The van der Waals surface area contributed by atoms with Crippen molar-refractivity contribution < 1.29 is 4.79 Å². The third kappa shape index (κ3) is 2.31. The monoisotopic (exact) mass is 267 g/mol. The van der Waals surface area contributed by atoms with Gasteiger partial charge in [0.25, 0.3) is 0 Å². The van der Waals surface area contributed by atoms with E-state index < -0.39 is 0 Å². The fourth-order valence-corrected chi connectivity index (χ4v) is 3.19. The first kappa shape index (κ1) is 13.2. The van der Waals surface area contributed by atoms with Gasteiger partial charge < -0.3 is 4.57 Å². The van der Waals surface area contributed by atoms with Crippen LogP contribution in [0.4, 0.5) is 0 Å². The van der Waals surface area contributed by atoms with Crippen LogP contribution < -0.4 is 0 Å². The van der Waals surface area contributed by atoms with Gasteiger partial charge in [-0.2, -0.15) is 0 Å². The molecule has 0 aliphatic heterocycles. The molecule has 0 amide bonds. The van der Waals surface area contributed by atoms with Gasteiger partial charge in [-0.3, -0.25) is 4.79 Å². The number of hydrogen-bond donors (Lipinski definition) is 0. The zero-order valence-corrected chi connectivity index (χ0v) is 12.4. The summed E-state index contributed by atoms with van der Waals surface area (Å²) < 4.78 is 2.31. The van der Waals surface area contributed by atoms with Crippen molar-refractivity contribution in [2.24, 2.45) is 5.41 Å². The molecule has 1 aromatic heterocycles. The molecule has 1 aliphatic rings. The molecule has 20 heavy (non-hydrogen) atoms. The van der Waals surface area contributed by atoms with Crippen LogP contribution in [0.3, 0.4) is 0 Å². The predicted octanol–water partition coefficient (Wildman–Crippen LogP) is 4.00. The van der Waals surface area contributed by atoms with Gasteiger partial charge in [-0.1, -0.05) is 44.2 Å². The standard InChI is InChI=1S/C18H21NO/c1-13-9-15-16(10-18(2,3)11-17(15)20)19(13)12-14-7-5-4-6-8-14/h4-9H,10-12H2,1-3H3. The zero-order chi connectivity index (χ0) is 14.3. The molecule has 1 aliphatic carbocycles. The number of fused-ring (bicyclic) bond motifs is 1. The van der Waals surface area contributed by atoms with Gasteiger partial charge in [-0.15, -0.1) is 0 Å². The number of carbonyl (C=O) groups excluding carboxylic acids is 1. The molecule has 0 N–H and O–H groups in total. The Kier molecular flexibility index (Phi) is 3.04. The normalized spacial score (nSPS) is 17.1. The number of ketones is 1. The molecule has 2 heteroatoms. The van der Waals surface area contributed by atoms with Crippen LogP contribution in [0.15, 0.2) is 36.4 Å². The fourth-order valence-electron chi connectivity index (χ4n) is 3.19. The molecular weight excluding hydrogens is 246 g/mol. The molecule has 104 valence electrons. The smallest absolute Gasteiger partial charge is 0.165 e. The maximum Gasteiger partial charge on any atom is 0.165 e. The van der Waals surface area contributed by atoms with Crippen molar-refractivity contribution in [1.29, 1.82) is 0 Å². The van der Waals surface area contributed by atoms with E-state index in [1.165, 1.54) is 17.0 Å². The van der Waals surface area contributed by atoms with E-state index in [0.29, 0.717) is 12.2 Å². The lowest BCUT2D eigenvalue weighted by Crippen LogP contribution is -2.28. The molecule has 0 spiro atoms. The Hall–Kier alpha value is -1.83. The molecule has 1 aromatic carbocycles. The second-order valence-electron chi connectivity index (χ2n) is 6.66. The summed E-state index contributed by atoms with van der Waals surface area (Å²) in [6.45, 7) is 7.32. The van der Waals surface area contributed by atoms with Crippen molar-refractivity contribution in [2.45, 2.75) is 40.2 Å². The summed E-state index contributed by atoms with van der Waals surface area (Å²) in [4.78, 5) is 12.3. The first-order valence-corrected chi connectivity index (χ1v) is 7.22. The Balaban J connectivity index is 2.03. The van der Waals surface area contributed by atoms with E-state index in [0.717, 1.165) is 18.5 Å². The minimum absolute atomic E-state index is 0.0727. The number of rotatable bonds is 2. The Bertz CT molecular complexity index is 650. The topological polar surface area (TPSA) is 22.0 Å². The van der Waals surface area contributed by atoms with Gasteiger partial charge in [0.1, 0.15) is 0 Å². The lowest BCUT2D eigenvalue weighted by molar-refractivity contribution is 0.0910. The molecule has 1 heterocycles. The number of aryl methyl sites for hydroxylation is 1. The Morgan fingerprint density at radius 2 is 1.85 bits per heavy atom. The summed E-state index contributed by atoms with van der Waals surface area (Å²) in [7, 11) is 0. The van der Waals surface area contributed by atoms with E-state index in [9.17, 15) is 4.79 Å². The first-order valence-electron chi connectivity index (χ1n) is 7.22. The average Bonchev–Trinajstić information content (AvgIpc) is 2.67. The van der Waals surface area contributed by atoms with E-state index in [2.05, 4.69) is 55.7 Å². The summed E-state index contributed by atoms with van der Waals surface area (Å²) in [6.07, 6.45) is 1.64. The second-order valence-corrected chi connectivity index (χ2v) is 6.66. The Labute approximate surface area is 120 Å². The number of nitrogens with zero attached hydrogens (tertiary/aromatic N) is 1. The van der Waals surface area contributed by atoms with Gasteiger partial charge in [0.15, 0.2) is 5.78 Å². The summed E-state index contributed by atoms with van der Waals surface area (Å²) in [5, 5.41) is 0. The minimum atomic E-state index is 0.0727. The van der Waals surface area contributed by atoms with Crippen molar-refractivity contribution in [2.75, 3.05) is 0 Å². The number of Topliss-reactive ketones (excluding diaryl/α,β-unsaturated/α-hetero) is 1. The number of benzene rings is 1. The van der Waals surface area contributed by atoms with Crippen LogP contribution >= 0.6 is 0 Å². The van der Waals surface area contributed by atoms with Crippen LogP contribution in [-0.4, -0.2) is 10.4 Å². The quantitative estimate of drug-likeness (QED) is 0.806. The molecule has 0 unspecified atom stereocenters. The molecule has 0 saturated carbocycles. The molecule has 2 nitrogen and oxygen atoms in total. The first-order chi connectivity index (χ1) is 9.46. The van der Waals surface area contributed by atoms with Crippen LogP contribution in [0.2, 0.25) is 0 Å². The molecule has 0 saturated heterocycles. The molecule has 2 aromatic rings. The lowest BCUT2D eigenvalue weighted by Gasteiger charge is -2.30. The van der Waals surface area contributed by atoms with E-state index >= 15 is 0 Å².